The minimum absolute atomic E-state index is 0.0113. The van der Waals surface area contributed by atoms with Crippen molar-refractivity contribution in [3.63, 3.8) is 0 Å². The van der Waals surface area contributed by atoms with Gasteiger partial charge >= 0.3 is 0 Å². The van der Waals surface area contributed by atoms with Crippen molar-refractivity contribution in [1.82, 2.24) is 4.72 Å². The lowest BCUT2D eigenvalue weighted by molar-refractivity contribution is 0.174. The predicted octanol–water partition coefficient (Wildman–Crippen LogP) is 0.584. The van der Waals surface area contributed by atoms with E-state index in [1.54, 1.807) is 18.2 Å². The molecule has 3 rings (SSSR count). The first-order chi connectivity index (χ1) is 11.8. The molecule has 8 nitrogen and oxygen atoms in total. The Hall–Kier alpha value is -2.14. The minimum atomic E-state index is -3.74. The summed E-state index contributed by atoms with van der Waals surface area (Å²) in [5.74, 6) is 0.898. The number of rotatable bonds is 6. The van der Waals surface area contributed by atoms with Crippen LogP contribution >= 0.6 is 0 Å². The van der Waals surface area contributed by atoms with E-state index in [0.29, 0.717) is 17.9 Å². The third kappa shape index (κ3) is 4.10. The van der Waals surface area contributed by atoms with Crippen molar-refractivity contribution in [2.75, 3.05) is 13.3 Å². The Morgan fingerprint density at radius 3 is 2.24 bits per heavy atom. The number of nitrogens with one attached hydrogen (secondary N) is 1. The molecular formula is C15H16N2O6S2. The highest BCUT2D eigenvalue weighted by atomic mass is 32.2. The summed E-state index contributed by atoms with van der Waals surface area (Å²) < 4.78 is 59.8. The maximum Gasteiger partial charge on any atom is 0.240 e. The molecule has 0 aromatic heterocycles. The second-order valence-electron chi connectivity index (χ2n) is 5.35. The van der Waals surface area contributed by atoms with Crippen molar-refractivity contribution < 1.29 is 26.3 Å². The van der Waals surface area contributed by atoms with Crippen molar-refractivity contribution in [1.29, 1.82) is 0 Å². The summed E-state index contributed by atoms with van der Waals surface area (Å²) in [5.41, 5.74) is 0.779. The highest BCUT2D eigenvalue weighted by molar-refractivity contribution is 7.89. The molecule has 0 radical (unpaired) electrons. The molecule has 1 aliphatic heterocycles. The average Bonchev–Trinajstić information content (AvgIpc) is 3.02. The van der Waals surface area contributed by atoms with Gasteiger partial charge in [-0.25, -0.2) is 26.7 Å². The zero-order chi connectivity index (χ0) is 18.1. The fourth-order valence-corrected chi connectivity index (χ4v) is 3.87. The van der Waals surface area contributed by atoms with E-state index in [2.05, 4.69) is 4.72 Å². The molecule has 10 heteroatoms. The van der Waals surface area contributed by atoms with Crippen LogP contribution < -0.4 is 19.3 Å². The van der Waals surface area contributed by atoms with Crippen molar-refractivity contribution >= 4 is 20.0 Å². The van der Waals surface area contributed by atoms with E-state index >= 15 is 0 Å². The van der Waals surface area contributed by atoms with E-state index in [4.69, 9.17) is 14.6 Å². The summed E-state index contributed by atoms with van der Waals surface area (Å²) in [5, 5.41) is 5.03. The first kappa shape index (κ1) is 17.7. The Bertz CT molecular complexity index is 985. The number of hydrogen-bond acceptors (Lipinski definition) is 6. The van der Waals surface area contributed by atoms with Crippen LogP contribution in [0.5, 0.6) is 11.5 Å². The van der Waals surface area contributed by atoms with Crippen LogP contribution in [0.1, 0.15) is 5.56 Å². The average molecular weight is 384 g/mol. The molecule has 2 aromatic rings. The van der Waals surface area contributed by atoms with Gasteiger partial charge in [-0.2, -0.15) is 0 Å². The fourth-order valence-electron chi connectivity index (χ4n) is 2.30. The van der Waals surface area contributed by atoms with Crippen molar-refractivity contribution in [3.8, 4) is 11.5 Å². The van der Waals surface area contributed by atoms with Gasteiger partial charge in [0.25, 0.3) is 0 Å². The monoisotopic (exact) mass is 384 g/mol. The van der Waals surface area contributed by atoms with Gasteiger partial charge in [-0.3, -0.25) is 0 Å². The molecule has 0 amide bonds. The zero-order valence-electron chi connectivity index (χ0n) is 13.0. The lowest BCUT2D eigenvalue weighted by Crippen LogP contribution is -2.26. The summed E-state index contributed by atoms with van der Waals surface area (Å²) in [6, 6.07) is 10.3. The molecule has 25 heavy (non-hydrogen) atoms. The van der Waals surface area contributed by atoms with Gasteiger partial charge in [0, 0.05) is 12.6 Å². The quantitative estimate of drug-likeness (QED) is 0.751. The number of sulfonamides is 2. The van der Waals surface area contributed by atoms with Crippen LogP contribution in [0, 0.1) is 0 Å². The lowest BCUT2D eigenvalue weighted by Gasteiger charge is -2.08. The molecule has 3 N–H and O–H groups in total. The van der Waals surface area contributed by atoms with Gasteiger partial charge in [0.05, 0.1) is 9.79 Å². The molecule has 1 heterocycles. The smallest absolute Gasteiger partial charge is 0.240 e. The SMILES string of the molecule is NS(=O)(=O)c1ccc(CCNS(=O)(=O)c2ccc3c(c2)OCO3)cc1. The van der Waals surface area contributed by atoms with E-state index in [1.807, 2.05) is 0 Å². The predicted molar refractivity (Wildman–Crippen MR) is 89.3 cm³/mol. The number of hydrogen-bond donors (Lipinski definition) is 2. The van der Waals surface area contributed by atoms with E-state index in [1.165, 1.54) is 24.3 Å². The van der Waals surface area contributed by atoms with Gasteiger partial charge in [-0.1, -0.05) is 12.1 Å². The first-order valence-corrected chi connectivity index (χ1v) is 10.3. The summed E-state index contributed by atoms with van der Waals surface area (Å²) in [6.07, 6.45) is 0.398. The third-order valence-electron chi connectivity index (χ3n) is 3.61. The van der Waals surface area contributed by atoms with Crippen LogP contribution in [0.2, 0.25) is 0 Å². The molecule has 0 aliphatic carbocycles. The number of primary sulfonamides is 1. The van der Waals surface area contributed by atoms with E-state index in [-0.39, 0.29) is 23.1 Å². The minimum Gasteiger partial charge on any atom is -0.454 e. The van der Waals surface area contributed by atoms with E-state index in [9.17, 15) is 16.8 Å². The highest BCUT2D eigenvalue weighted by Gasteiger charge is 2.19. The third-order valence-corrected chi connectivity index (χ3v) is 6.00. The van der Waals surface area contributed by atoms with Gasteiger partial charge in [0.15, 0.2) is 11.5 Å². The molecule has 0 atom stereocenters. The van der Waals surface area contributed by atoms with Crippen LogP contribution in [0.25, 0.3) is 0 Å². The second-order valence-corrected chi connectivity index (χ2v) is 8.68. The second kappa shape index (κ2) is 6.64. The number of nitrogens with two attached hydrogens (primary N) is 1. The van der Waals surface area contributed by atoms with Crippen molar-refractivity contribution in [3.05, 3.63) is 48.0 Å². The van der Waals surface area contributed by atoms with Gasteiger partial charge in [0.2, 0.25) is 26.8 Å². The van der Waals surface area contributed by atoms with Crippen molar-refractivity contribution in [2.24, 2.45) is 5.14 Å². The molecule has 134 valence electrons. The van der Waals surface area contributed by atoms with Crippen LogP contribution in [-0.2, 0) is 26.5 Å². The van der Waals surface area contributed by atoms with Gasteiger partial charge in [-0.15, -0.1) is 0 Å². The zero-order valence-corrected chi connectivity index (χ0v) is 14.6. The van der Waals surface area contributed by atoms with Gasteiger partial charge < -0.3 is 9.47 Å². The van der Waals surface area contributed by atoms with Crippen LogP contribution in [0.4, 0.5) is 0 Å². The molecule has 1 aliphatic rings. The molecule has 0 bridgehead atoms. The van der Waals surface area contributed by atoms with Crippen LogP contribution in [-0.4, -0.2) is 30.2 Å². The number of fused-ring (bicyclic) bond motifs is 1. The molecular weight excluding hydrogens is 368 g/mol. The molecule has 0 saturated carbocycles. The number of benzene rings is 2. The summed E-state index contributed by atoms with van der Waals surface area (Å²) >= 11 is 0. The largest absolute Gasteiger partial charge is 0.454 e. The Balaban J connectivity index is 1.63. The van der Waals surface area contributed by atoms with Crippen LogP contribution in [0.3, 0.4) is 0 Å². The number of ether oxygens (including phenoxy) is 2. The summed E-state index contributed by atoms with van der Waals surface area (Å²) in [4.78, 5) is 0.0958. The molecule has 0 saturated heterocycles. The lowest BCUT2D eigenvalue weighted by atomic mass is 10.2. The van der Waals surface area contributed by atoms with E-state index in [0.717, 1.165) is 5.56 Å². The fraction of sp³-hybridized carbons (Fsp3) is 0.200. The maximum atomic E-state index is 12.3. The standard InChI is InChI=1S/C15H16N2O6S2/c16-24(18,19)12-3-1-11(2-4-12)7-8-17-25(20,21)13-5-6-14-15(9-13)23-10-22-14/h1-6,9,17H,7-8,10H2,(H2,16,18,19). The van der Waals surface area contributed by atoms with E-state index < -0.39 is 20.0 Å². The van der Waals surface area contributed by atoms with Gasteiger partial charge in [0.1, 0.15) is 0 Å². The Labute approximate surface area is 145 Å². The highest BCUT2D eigenvalue weighted by Crippen LogP contribution is 2.33. The topological polar surface area (TPSA) is 125 Å². The summed E-state index contributed by atoms with van der Waals surface area (Å²) in [6.45, 7) is 0.228. The normalized spacial score (nSPS) is 13.8. The van der Waals surface area contributed by atoms with Crippen molar-refractivity contribution in [2.45, 2.75) is 16.2 Å². The molecule has 2 aromatic carbocycles. The Morgan fingerprint density at radius 2 is 1.56 bits per heavy atom. The molecule has 0 unspecified atom stereocenters. The Kier molecular flexibility index (Phi) is 4.69. The molecule has 0 fully saturated rings. The summed E-state index contributed by atoms with van der Waals surface area (Å²) in [7, 11) is -7.42. The van der Waals surface area contributed by atoms with Gasteiger partial charge in [-0.05, 0) is 36.2 Å². The first-order valence-electron chi connectivity index (χ1n) is 7.27. The Morgan fingerprint density at radius 1 is 0.920 bits per heavy atom. The molecule has 0 spiro atoms. The maximum absolute atomic E-state index is 12.3. The van der Waals surface area contributed by atoms with Crippen LogP contribution in [0.15, 0.2) is 52.3 Å².